The fourth-order valence-corrected chi connectivity index (χ4v) is 1.88. The van der Waals surface area contributed by atoms with E-state index < -0.39 is 0 Å². The zero-order chi connectivity index (χ0) is 14.5. The van der Waals surface area contributed by atoms with Crippen LogP contribution >= 0.6 is 0 Å². The third-order valence-corrected chi connectivity index (χ3v) is 3.06. The number of nitrogens with zero attached hydrogens (tertiary/aromatic N) is 2. The second kappa shape index (κ2) is 6.14. The molecular weight excluding hydrogens is 254 g/mol. The molecule has 5 heteroatoms. The molecule has 0 spiro atoms. The van der Waals surface area contributed by atoms with Gasteiger partial charge in [0.05, 0.1) is 6.42 Å². The maximum atomic E-state index is 11.9. The van der Waals surface area contributed by atoms with Crippen LogP contribution in [0.15, 0.2) is 41.3 Å². The van der Waals surface area contributed by atoms with Crippen molar-refractivity contribution in [3.63, 3.8) is 0 Å². The highest BCUT2D eigenvalue weighted by Crippen LogP contribution is 2.03. The summed E-state index contributed by atoms with van der Waals surface area (Å²) in [6.07, 6.45) is 1.88. The number of nitrogens with one attached hydrogen (secondary N) is 1. The van der Waals surface area contributed by atoms with Gasteiger partial charge >= 0.3 is 5.69 Å². The number of aryl methyl sites for hydroxylation is 2. The molecule has 0 aliphatic heterocycles. The molecule has 1 N–H and O–H groups in total. The molecule has 104 valence electrons. The van der Waals surface area contributed by atoms with E-state index in [9.17, 15) is 9.59 Å². The molecule has 1 amide bonds. The van der Waals surface area contributed by atoms with Crippen molar-refractivity contribution in [2.24, 2.45) is 7.05 Å². The Morgan fingerprint density at radius 2 is 2.00 bits per heavy atom. The van der Waals surface area contributed by atoms with Crippen LogP contribution in [0.5, 0.6) is 0 Å². The third-order valence-electron chi connectivity index (χ3n) is 3.06. The van der Waals surface area contributed by atoms with Crippen molar-refractivity contribution in [3.05, 3.63) is 63.8 Å². The second-order valence-corrected chi connectivity index (χ2v) is 4.68. The Balaban J connectivity index is 1.98. The van der Waals surface area contributed by atoms with Crippen LogP contribution in [-0.2, 0) is 24.8 Å². The topological polar surface area (TPSA) is 64.0 Å². The highest BCUT2D eigenvalue weighted by molar-refractivity contribution is 5.78. The number of aromatic nitrogens is 2. The standard InChI is InChI=1S/C15H17N3O2/c1-11-13(10-18(2)15(20)17-11)8-14(19)16-9-12-6-4-3-5-7-12/h3-7,10H,8-9H2,1-2H3,(H,16,19). The highest BCUT2D eigenvalue weighted by Gasteiger charge is 2.08. The zero-order valence-electron chi connectivity index (χ0n) is 11.6. The summed E-state index contributed by atoms with van der Waals surface area (Å²) in [5.41, 5.74) is 2.10. The van der Waals surface area contributed by atoms with E-state index in [-0.39, 0.29) is 18.0 Å². The summed E-state index contributed by atoms with van der Waals surface area (Å²) in [5.74, 6) is -0.0857. The maximum absolute atomic E-state index is 11.9. The second-order valence-electron chi connectivity index (χ2n) is 4.68. The van der Waals surface area contributed by atoms with Gasteiger partial charge in [-0.05, 0) is 18.1 Å². The SMILES string of the molecule is Cc1nc(=O)n(C)cc1CC(=O)NCc1ccccc1. The molecular formula is C15H17N3O2. The number of benzene rings is 1. The van der Waals surface area contributed by atoms with Gasteiger partial charge in [0.25, 0.3) is 0 Å². The fraction of sp³-hybridized carbons (Fsp3) is 0.267. The van der Waals surface area contributed by atoms with Crippen molar-refractivity contribution in [2.45, 2.75) is 19.9 Å². The van der Waals surface area contributed by atoms with Crippen LogP contribution in [0.1, 0.15) is 16.8 Å². The average molecular weight is 271 g/mol. The summed E-state index contributed by atoms with van der Waals surface area (Å²) in [6.45, 7) is 2.24. The molecule has 0 atom stereocenters. The van der Waals surface area contributed by atoms with E-state index in [0.29, 0.717) is 12.2 Å². The number of hydrogen-bond acceptors (Lipinski definition) is 3. The van der Waals surface area contributed by atoms with Gasteiger partial charge in [0.1, 0.15) is 0 Å². The fourth-order valence-electron chi connectivity index (χ4n) is 1.88. The first-order valence-corrected chi connectivity index (χ1v) is 6.40. The van der Waals surface area contributed by atoms with Gasteiger partial charge < -0.3 is 9.88 Å². The Kier molecular flexibility index (Phi) is 4.30. The van der Waals surface area contributed by atoms with Gasteiger partial charge in [0, 0.05) is 25.5 Å². The minimum Gasteiger partial charge on any atom is -0.352 e. The van der Waals surface area contributed by atoms with Gasteiger partial charge in [0.15, 0.2) is 0 Å². The number of amides is 1. The Hall–Kier alpha value is -2.43. The summed E-state index contributed by atoms with van der Waals surface area (Å²) >= 11 is 0. The first kappa shape index (κ1) is 14.0. The first-order valence-electron chi connectivity index (χ1n) is 6.40. The van der Waals surface area contributed by atoms with Crippen LogP contribution in [0.4, 0.5) is 0 Å². The molecule has 5 nitrogen and oxygen atoms in total. The number of carbonyl (C=O) groups excluding carboxylic acids is 1. The van der Waals surface area contributed by atoms with Crippen molar-refractivity contribution in [1.29, 1.82) is 0 Å². The molecule has 1 heterocycles. The molecule has 0 unspecified atom stereocenters. The predicted octanol–water partition coefficient (Wildman–Crippen LogP) is 0.948. The molecule has 0 fully saturated rings. The smallest absolute Gasteiger partial charge is 0.347 e. The van der Waals surface area contributed by atoms with Gasteiger partial charge in [-0.2, -0.15) is 4.98 Å². The van der Waals surface area contributed by atoms with Crippen LogP contribution < -0.4 is 11.0 Å². The normalized spacial score (nSPS) is 10.3. The molecule has 1 aromatic heterocycles. The molecule has 0 aliphatic carbocycles. The lowest BCUT2D eigenvalue weighted by molar-refractivity contribution is -0.120. The van der Waals surface area contributed by atoms with E-state index >= 15 is 0 Å². The van der Waals surface area contributed by atoms with Crippen LogP contribution in [0, 0.1) is 6.92 Å². The van der Waals surface area contributed by atoms with Crippen molar-refractivity contribution in [1.82, 2.24) is 14.9 Å². The van der Waals surface area contributed by atoms with E-state index in [1.807, 2.05) is 30.3 Å². The molecule has 2 rings (SSSR count). The summed E-state index contributed by atoms with van der Waals surface area (Å²) in [7, 11) is 1.63. The minimum atomic E-state index is -0.309. The average Bonchev–Trinajstić information content (AvgIpc) is 2.44. The van der Waals surface area contributed by atoms with E-state index in [0.717, 1.165) is 11.1 Å². The largest absolute Gasteiger partial charge is 0.352 e. The minimum absolute atomic E-state index is 0.0857. The molecule has 20 heavy (non-hydrogen) atoms. The maximum Gasteiger partial charge on any atom is 0.347 e. The quantitative estimate of drug-likeness (QED) is 0.900. The number of rotatable bonds is 4. The van der Waals surface area contributed by atoms with Gasteiger partial charge in [-0.3, -0.25) is 4.79 Å². The van der Waals surface area contributed by atoms with Gasteiger partial charge in [-0.15, -0.1) is 0 Å². The lowest BCUT2D eigenvalue weighted by Gasteiger charge is -2.08. The van der Waals surface area contributed by atoms with Crippen LogP contribution in [0.3, 0.4) is 0 Å². The highest BCUT2D eigenvalue weighted by atomic mass is 16.2. The van der Waals surface area contributed by atoms with Crippen molar-refractivity contribution < 1.29 is 4.79 Å². The first-order chi connectivity index (χ1) is 9.56. The van der Waals surface area contributed by atoms with E-state index in [4.69, 9.17) is 0 Å². The molecule has 0 saturated heterocycles. The lowest BCUT2D eigenvalue weighted by Crippen LogP contribution is -2.27. The van der Waals surface area contributed by atoms with Crippen molar-refractivity contribution in [3.8, 4) is 0 Å². The zero-order valence-corrected chi connectivity index (χ0v) is 11.6. The summed E-state index contributed by atoms with van der Waals surface area (Å²) in [4.78, 5) is 27.1. The Morgan fingerprint density at radius 1 is 1.30 bits per heavy atom. The molecule has 0 radical (unpaired) electrons. The Morgan fingerprint density at radius 3 is 2.70 bits per heavy atom. The van der Waals surface area contributed by atoms with Gasteiger partial charge in [-0.1, -0.05) is 30.3 Å². The summed E-state index contributed by atoms with van der Waals surface area (Å²) in [6, 6.07) is 9.72. The monoisotopic (exact) mass is 271 g/mol. The molecule has 0 bridgehead atoms. The third kappa shape index (κ3) is 3.54. The van der Waals surface area contributed by atoms with Crippen LogP contribution in [-0.4, -0.2) is 15.5 Å². The van der Waals surface area contributed by atoms with E-state index in [1.54, 1.807) is 20.2 Å². The molecule has 0 saturated carbocycles. The summed E-state index contributed by atoms with van der Waals surface area (Å²) < 4.78 is 1.38. The Labute approximate surface area is 117 Å². The number of hydrogen-bond donors (Lipinski definition) is 1. The lowest BCUT2D eigenvalue weighted by atomic mass is 10.1. The van der Waals surface area contributed by atoms with Gasteiger partial charge in [0.2, 0.25) is 5.91 Å². The molecule has 0 aliphatic rings. The van der Waals surface area contributed by atoms with E-state index in [2.05, 4.69) is 10.3 Å². The van der Waals surface area contributed by atoms with Crippen LogP contribution in [0.25, 0.3) is 0 Å². The Bertz CT molecular complexity index is 663. The van der Waals surface area contributed by atoms with E-state index in [1.165, 1.54) is 4.57 Å². The molecule has 2 aromatic rings. The van der Waals surface area contributed by atoms with Crippen molar-refractivity contribution >= 4 is 5.91 Å². The number of carbonyl (C=O) groups is 1. The summed E-state index contributed by atoms with van der Waals surface area (Å²) in [5, 5.41) is 2.85. The van der Waals surface area contributed by atoms with Crippen molar-refractivity contribution in [2.75, 3.05) is 0 Å². The molecule has 1 aromatic carbocycles. The van der Waals surface area contributed by atoms with Crippen LogP contribution in [0.2, 0.25) is 0 Å². The van der Waals surface area contributed by atoms with Gasteiger partial charge in [-0.25, -0.2) is 4.79 Å². The predicted molar refractivity (Wildman–Crippen MR) is 76.2 cm³/mol.